The van der Waals surface area contributed by atoms with E-state index in [9.17, 15) is 13.6 Å². The Balaban J connectivity index is 1.48. The molecule has 3 heterocycles. The summed E-state index contributed by atoms with van der Waals surface area (Å²) in [5.74, 6) is -1.70. The van der Waals surface area contributed by atoms with Gasteiger partial charge in [-0.2, -0.15) is 10.2 Å². The van der Waals surface area contributed by atoms with E-state index >= 15 is 0 Å². The van der Waals surface area contributed by atoms with Crippen LogP contribution in [0.1, 0.15) is 29.4 Å². The van der Waals surface area contributed by atoms with Gasteiger partial charge in [-0.1, -0.05) is 6.07 Å². The second-order valence-corrected chi connectivity index (χ2v) is 6.38. The van der Waals surface area contributed by atoms with Gasteiger partial charge in [0.2, 0.25) is 0 Å². The van der Waals surface area contributed by atoms with Crippen LogP contribution >= 0.6 is 0 Å². The summed E-state index contributed by atoms with van der Waals surface area (Å²) >= 11 is 0. The fourth-order valence-electron chi connectivity index (χ4n) is 3.18. The molecular weight excluding hydrogens is 354 g/mol. The molecule has 0 atom stereocenters. The van der Waals surface area contributed by atoms with Crippen molar-refractivity contribution < 1.29 is 13.6 Å². The van der Waals surface area contributed by atoms with E-state index in [2.05, 4.69) is 25.9 Å². The number of piperidine rings is 1. The van der Waals surface area contributed by atoms with Crippen LogP contribution in [0.25, 0.3) is 11.3 Å². The minimum Gasteiger partial charge on any atom is -0.317 e. The highest BCUT2D eigenvalue weighted by atomic mass is 19.1. The highest BCUT2D eigenvalue weighted by molar-refractivity contribution is 6.02. The first-order chi connectivity index (χ1) is 13.1. The van der Waals surface area contributed by atoms with Crippen LogP contribution in [-0.4, -0.2) is 39.0 Å². The van der Waals surface area contributed by atoms with Gasteiger partial charge in [-0.3, -0.25) is 14.6 Å². The molecule has 4 rings (SSSR count). The maximum Gasteiger partial charge on any atom is 0.277 e. The zero-order valence-electron chi connectivity index (χ0n) is 14.4. The van der Waals surface area contributed by atoms with Crippen molar-refractivity contribution in [3.63, 3.8) is 0 Å². The first-order valence-electron chi connectivity index (χ1n) is 8.69. The molecule has 1 amide bonds. The molecule has 9 heteroatoms. The average molecular weight is 372 g/mol. The Hall–Kier alpha value is -3.07. The molecule has 27 heavy (non-hydrogen) atoms. The summed E-state index contributed by atoms with van der Waals surface area (Å²) in [7, 11) is 0. The molecule has 1 saturated heterocycles. The minimum absolute atomic E-state index is 0.140. The van der Waals surface area contributed by atoms with E-state index in [1.807, 2.05) is 0 Å². The minimum atomic E-state index is -0.711. The van der Waals surface area contributed by atoms with Gasteiger partial charge in [0.25, 0.3) is 5.91 Å². The van der Waals surface area contributed by atoms with Crippen molar-refractivity contribution in [2.24, 2.45) is 0 Å². The van der Waals surface area contributed by atoms with E-state index in [-0.39, 0.29) is 28.8 Å². The molecule has 1 aromatic carbocycles. The van der Waals surface area contributed by atoms with Gasteiger partial charge in [0, 0.05) is 12.3 Å². The molecule has 0 aliphatic carbocycles. The van der Waals surface area contributed by atoms with Crippen molar-refractivity contribution in [1.82, 2.24) is 25.3 Å². The summed E-state index contributed by atoms with van der Waals surface area (Å²) in [6.45, 7) is 1.85. The molecule has 1 fully saturated rings. The number of amides is 1. The van der Waals surface area contributed by atoms with Crippen LogP contribution in [-0.2, 0) is 0 Å². The van der Waals surface area contributed by atoms with Gasteiger partial charge in [-0.25, -0.2) is 8.78 Å². The molecule has 140 valence electrons. The van der Waals surface area contributed by atoms with Crippen molar-refractivity contribution in [2.75, 3.05) is 18.4 Å². The van der Waals surface area contributed by atoms with E-state index in [0.29, 0.717) is 0 Å². The van der Waals surface area contributed by atoms with E-state index in [1.165, 1.54) is 12.1 Å². The lowest BCUT2D eigenvalue weighted by molar-refractivity contribution is 0.102. The number of nitrogens with one attached hydrogen (secondary N) is 3. The van der Waals surface area contributed by atoms with Crippen LogP contribution in [0.3, 0.4) is 0 Å². The Kier molecular flexibility index (Phi) is 4.68. The van der Waals surface area contributed by atoms with Gasteiger partial charge >= 0.3 is 0 Å². The van der Waals surface area contributed by atoms with Gasteiger partial charge in [0.05, 0.1) is 17.3 Å². The smallest absolute Gasteiger partial charge is 0.277 e. The molecule has 3 aromatic rings. The molecule has 0 unspecified atom stereocenters. The first-order valence-corrected chi connectivity index (χ1v) is 8.69. The second kappa shape index (κ2) is 7.28. The summed E-state index contributed by atoms with van der Waals surface area (Å²) < 4.78 is 29.5. The Bertz CT molecular complexity index is 940. The number of rotatable bonds is 4. The van der Waals surface area contributed by atoms with Crippen LogP contribution in [0, 0.1) is 11.6 Å². The number of carbonyl (C=O) groups is 1. The van der Waals surface area contributed by atoms with Crippen molar-refractivity contribution in [1.29, 1.82) is 0 Å². The third-order valence-corrected chi connectivity index (χ3v) is 4.58. The Morgan fingerprint density at radius 3 is 2.67 bits per heavy atom. The number of aromatic nitrogens is 4. The normalized spacial score (nSPS) is 15.0. The number of carbonyl (C=O) groups excluding carboxylic acids is 1. The molecule has 2 aromatic heterocycles. The summed E-state index contributed by atoms with van der Waals surface area (Å²) in [6, 6.07) is 6.89. The standard InChI is InChI=1S/C18H18F2N6O/c19-12-2-1-3-13(20)17(12)15-10-16(24-23-15)22-18(27)14-6-9-26(25-14)11-4-7-21-8-5-11/h1-3,6,9-11,21H,4-5,7-8H2,(H2,22,23,24,27). The SMILES string of the molecule is O=C(Nc1cc(-c2c(F)cccc2F)[nH]n1)c1ccn(C2CCNCC2)n1. The van der Waals surface area contributed by atoms with Crippen LogP contribution in [0.5, 0.6) is 0 Å². The largest absolute Gasteiger partial charge is 0.317 e. The van der Waals surface area contributed by atoms with Gasteiger partial charge in [0.1, 0.15) is 11.6 Å². The monoisotopic (exact) mass is 372 g/mol. The third-order valence-electron chi connectivity index (χ3n) is 4.58. The topological polar surface area (TPSA) is 87.6 Å². The number of H-pyrrole nitrogens is 1. The number of hydrogen-bond acceptors (Lipinski definition) is 4. The molecule has 0 spiro atoms. The first kappa shape index (κ1) is 17.3. The summed E-state index contributed by atoms with van der Waals surface area (Å²) in [6.07, 6.45) is 3.70. The Morgan fingerprint density at radius 1 is 1.19 bits per heavy atom. The van der Waals surface area contributed by atoms with Gasteiger partial charge in [-0.15, -0.1) is 0 Å². The van der Waals surface area contributed by atoms with Crippen LogP contribution < -0.4 is 10.6 Å². The summed E-state index contributed by atoms with van der Waals surface area (Å²) in [5, 5.41) is 16.7. The Morgan fingerprint density at radius 2 is 1.93 bits per heavy atom. The highest BCUT2D eigenvalue weighted by Crippen LogP contribution is 2.26. The van der Waals surface area contributed by atoms with E-state index in [4.69, 9.17) is 0 Å². The molecule has 1 aliphatic rings. The maximum atomic E-state index is 13.9. The molecule has 0 radical (unpaired) electrons. The van der Waals surface area contributed by atoms with Crippen LogP contribution in [0.4, 0.5) is 14.6 Å². The number of hydrogen-bond donors (Lipinski definition) is 3. The quantitative estimate of drug-likeness (QED) is 0.657. The number of benzene rings is 1. The molecule has 0 saturated carbocycles. The van der Waals surface area contributed by atoms with E-state index < -0.39 is 17.5 Å². The molecule has 0 bridgehead atoms. The van der Waals surface area contributed by atoms with E-state index in [1.54, 1.807) is 16.9 Å². The zero-order valence-corrected chi connectivity index (χ0v) is 14.4. The van der Waals surface area contributed by atoms with Gasteiger partial charge in [-0.05, 0) is 44.1 Å². The van der Waals surface area contributed by atoms with Crippen molar-refractivity contribution in [3.8, 4) is 11.3 Å². The molecular formula is C18H18F2N6O. The fourth-order valence-corrected chi connectivity index (χ4v) is 3.18. The van der Waals surface area contributed by atoms with Crippen molar-refractivity contribution >= 4 is 11.7 Å². The van der Waals surface area contributed by atoms with Gasteiger partial charge < -0.3 is 10.6 Å². The number of aromatic amines is 1. The third kappa shape index (κ3) is 3.59. The lowest BCUT2D eigenvalue weighted by Gasteiger charge is -2.22. The second-order valence-electron chi connectivity index (χ2n) is 6.38. The van der Waals surface area contributed by atoms with Gasteiger partial charge in [0.15, 0.2) is 11.5 Å². The zero-order chi connectivity index (χ0) is 18.8. The van der Waals surface area contributed by atoms with Crippen LogP contribution in [0.15, 0.2) is 36.5 Å². The number of halogens is 2. The molecule has 3 N–H and O–H groups in total. The molecule has 7 nitrogen and oxygen atoms in total. The fraction of sp³-hybridized carbons (Fsp3) is 0.278. The number of anilines is 1. The van der Waals surface area contributed by atoms with E-state index in [0.717, 1.165) is 38.1 Å². The predicted octanol–water partition coefficient (Wildman–Crippen LogP) is 2.73. The lowest BCUT2D eigenvalue weighted by Crippen LogP contribution is -2.29. The lowest BCUT2D eigenvalue weighted by atomic mass is 10.1. The predicted molar refractivity (Wildman–Crippen MR) is 95.3 cm³/mol. The van der Waals surface area contributed by atoms with Crippen LogP contribution in [0.2, 0.25) is 0 Å². The summed E-state index contributed by atoms with van der Waals surface area (Å²) in [5.41, 5.74) is 0.178. The van der Waals surface area contributed by atoms with Crippen molar-refractivity contribution in [3.05, 3.63) is 53.9 Å². The maximum absolute atomic E-state index is 13.9. The highest BCUT2D eigenvalue weighted by Gasteiger charge is 2.19. The average Bonchev–Trinajstić information content (AvgIpc) is 3.32. The number of nitrogens with zero attached hydrogens (tertiary/aromatic N) is 3. The van der Waals surface area contributed by atoms with Crippen molar-refractivity contribution in [2.45, 2.75) is 18.9 Å². The Labute approximate surface area is 153 Å². The summed E-state index contributed by atoms with van der Waals surface area (Å²) in [4.78, 5) is 12.4. The molecule has 1 aliphatic heterocycles.